The van der Waals surface area contributed by atoms with E-state index in [0.29, 0.717) is 33.5 Å². The lowest BCUT2D eigenvalue weighted by Gasteiger charge is -2.12. The molecule has 0 N–H and O–H groups in total. The van der Waals surface area contributed by atoms with Gasteiger partial charge in [0.05, 0.1) is 28.6 Å². The molecule has 0 fully saturated rings. The summed E-state index contributed by atoms with van der Waals surface area (Å²) >= 11 is 15.8. The Morgan fingerprint density at radius 3 is 2.40 bits per heavy atom. The van der Waals surface area contributed by atoms with Gasteiger partial charge in [0.2, 0.25) is 5.03 Å². The molecule has 0 aliphatic rings. The van der Waals surface area contributed by atoms with Crippen molar-refractivity contribution < 1.29 is 8.42 Å². The van der Waals surface area contributed by atoms with Gasteiger partial charge in [-0.15, -0.1) is 0 Å². The highest BCUT2D eigenvalue weighted by atomic mass is 79.9. The van der Waals surface area contributed by atoms with Crippen LogP contribution in [0.4, 0.5) is 0 Å². The van der Waals surface area contributed by atoms with Gasteiger partial charge in [-0.2, -0.15) is 5.10 Å². The van der Waals surface area contributed by atoms with Gasteiger partial charge in [-0.05, 0) is 29.8 Å². The molecule has 4 aromatic rings. The fourth-order valence-electron chi connectivity index (χ4n) is 3.11. The molecule has 2 aromatic carbocycles. The number of benzene rings is 2. The highest BCUT2D eigenvalue weighted by Gasteiger charge is 2.27. The van der Waals surface area contributed by atoms with Crippen molar-refractivity contribution in [3.8, 4) is 16.9 Å². The average molecular weight is 526 g/mol. The molecular weight excluding hydrogens is 511 g/mol. The van der Waals surface area contributed by atoms with Gasteiger partial charge in [-0.25, -0.2) is 13.4 Å². The Bertz CT molecular complexity index is 1320. The first-order valence-corrected chi connectivity index (χ1v) is 12.2. The third kappa shape index (κ3) is 4.18. The van der Waals surface area contributed by atoms with Crippen LogP contribution in [0.1, 0.15) is 5.56 Å². The minimum atomic E-state index is -3.63. The van der Waals surface area contributed by atoms with Crippen LogP contribution < -0.4 is 0 Å². The Kier molecular flexibility index (Phi) is 5.76. The molecular formula is C20H15BrCl2N4O2S. The standard InChI is InChI=1S/C20H15BrCl2N4O2S/c1-30(28,29)20-19(26-9-8-24-12-26)18(14-4-7-16(22)17(23)10-14)27(25-20)11-13-2-5-15(21)6-3-13/h2-10,12H,11H2,1H3. The highest BCUT2D eigenvalue weighted by Crippen LogP contribution is 2.35. The molecule has 10 heteroatoms. The number of rotatable bonds is 5. The van der Waals surface area contributed by atoms with Crippen LogP contribution in [0.2, 0.25) is 10.0 Å². The smallest absolute Gasteiger partial charge is 0.201 e. The van der Waals surface area contributed by atoms with Gasteiger partial charge >= 0.3 is 0 Å². The SMILES string of the molecule is CS(=O)(=O)c1nn(Cc2ccc(Br)cc2)c(-c2ccc(Cl)c(Cl)c2)c1-n1ccnc1. The molecule has 0 aliphatic heterocycles. The Hall–Kier alpha value is -2.13. The van der Waals surface area contributed by atoms with Gasteiger partial charge in [0, 0.05) is 28.7 Å². The molecule has 0 radical (unpaired) electrons. The zero-order chi connectivity index (χ0) is 21.5. The van der Waals surface area contributed by atoms with E-state index in [0.717, 1.165) is 16.3 Å². The Morgan fingerprint density at radius 2 is 1.80 bits per heavy atom. The normalized spacial score (nSPS) is 11.7. The lowest BCUT2D eigenvalue weighted by molar-refractivity contribution is 0.590. The van der Waals surface area contributed by atoms with E-state index < -0.39 is 9.84 Å². The van der Waals surface area contributed by atoms with Crippen LogP contribution in [0.15, 0.2) is 70.7 Å². The van der Waals surface area contributed by atoms with Crippen LogP contribution in [0.25, 0.3) is 16.9 Å². The number of nitrogens with zero attached hydrogens (tertiary/aromatic N) is 4. The van der Waals surface area contributed by atoms with Gasteiger partial charge in [0.25, 0.3) is 0 Å². The zero-order valence-corrected chi connectivity index (χ0v) is 19.5. The first kappa shape index (κ1) is 21.1. The fourth-order valence-corrected chi connectivity index (χ4v) is 4.47. The summed E-state index contributed by atoms with van der Waals surface area (Å²) in [6.45, 7) is 0.361. The second kappa shape index (κ2) is 8.19. The Morgan fingerprint density at radius 1 is 1.07 bits per heavy atom. The molecule has 0 saturated heterocycles. The molecule has 154 valence electrons. The molecule has 2 aromatic heterocycles. The van der Waals surface area contributed by atoms with Crippen LogP contribution in [-0.4, -0.2) is 34.0 Å². The van der Waals surface area contributed by atoms with Crippen LogP contribution >= 0.6 is 39.1 Å². The van der Waals surface area contributed by atoms with E-state index in [-0.39, 0.29) is 5.03 Å². The van der Waals surface area contributed by atoms with Crippen molar-refractivity contribution in [2.24, 2.45) is 0 Å². The third-order valence-electron chi connectivity index (χ3n) is 4.45. The maximum atomic E-state index is 12.6. The number of aromatic nitrogens is 4. The van der Waals surface area contributed by atoms with Crippen molar-refractivity contribution in [3.63, 3.8) is 0 Å². The fraction of sp³-hybridized carbons (Fsp3) is 0.100. The van der Waals surface area contributed by atoms with Crippen LogP contribution in [0.5, 0.6) is 0 Å². The quantitative estimate of drug-likeness (QED) is 0.356. The van der Waals surface area contributed by atoms with E-state index in [1.54, 1.807) is 39.8 Å². The Labute approximate surface area is 192 Å². The molecule has 2 heterocycles. The van der Waals surface area contributed by atoms with Gasteiger partial charge in [0.1, 0.15) is 5.69 Å². The summed E-state index contributed by atoms with van der Waals surface area (Å²) in [4.78, 5) is 4.07. The molecule has 0 bridgehead atoms. The number of halogens is 3. The van der Waals surface area contributed by atoms with Gasteiger partial charge in [0.15, 0.2) is 9.84 Å². The molecule has 4 rings (SSSR count). The lowest BCUT2D eigenvalue weighted by Crippen LogP contribution is -2.05. The Balaban J connectivity index is 2.01. The van der Waals surface area contributed by atoms with Crippen LogP contribution in [-0.2, 0) is 16.4 Å². The number of hydrogen-bond donors (Lipinski definition) is 0. The zero-order valence-electron chi connectivity index (χ0n) is 15.6. The molecule has 0 atom stereocenters. The summed E-state index contributed by atoms with van der Waals surface area (Å²) in [5, 5.41) is 5.21. The van der Waals surface area contributed by atoms with E-state index in [2.05, 4.69) is 26.0 Å². The number of imidazole rings is 1. The molecule has 0 aliphatic carbocycles. The molecule has 0 spiro atoms. The minimum absolute atomic E-state index is 0.0429. The summed E-state index contributed by atoms with van der Waals surface area (Å²) in [6, 6.07) is 12.9. The summed E-state index contributed by atoms with van der Waals surface area (Å²) in [5.74, 6) is 0. The first-order chi connectivity index (χ1) is 14.2. The highest BCUT2D eigenvalue weighted by molar-refractivity contribution is 9.10. The van der Waals surface area contributed by atoms with Crippen molar-refractivity contribution in [1.82, 2.24) is 19.3 Å². The third-order valence-corrected chi connectivity index (χ3v) is 6.69. The largest absolute Gasteiger partial charge is 0.302 e. The topological polar surface area (TPSA) is 69.8 Å². The number of sulfone groups is 1. The summed E-state index contributed by atoms with van der Waals surface area (Å²) in [7, 11) is -3.63. The predicted octanol–water partition coefficient (Wildman–Crippen LogP) is 5.26. The van der Waals surface area contributed by atoms with E-state index >= 15 is 0 Å². The van der Waals surface area contributed by atoms with Crippen molar-refractivity contribution in [1.29, 1.82) is 0 Å². The molecule has 6 nitrogen and oxygen atoms in total. The molecule has 30 heavy (non-hydrogen) atoms. The summed E-state index contributed by atoms with van der Waals surface area (Å²) in [6.07, 6.45) is 5.93. The van der Waals surface area contributed by atoms with Crippen molar-refractivity contribution in [3.05, 3.63) is 81.3 Å². The van der Waals surface area contributed by atoms with Crippen LogP contribution in [0.3, 0.4) is 0 Å². The van der Waals surface area contributed by atoms with Crippen molar-refractivity contribution in [2.45, 2.75) is 11.6 Å². The predicted molar refractivity (Wildman–Crippen MR) is 121 cm³/mol. The second-order valence-corrected chi connectivity index (χ2v) is 10.3. The molecule has 0 amide bonds. The van der Waals surface area contributed by atoms with Crippen molar-refractivity contribution >= 4 is 49.0 Å². The minimum Gasteiger partial charge on any atom is -0.302 e. The summed E-state index contributed by atoms with van der Waals surface area (Å²) < 4.78 is 29.5. The number of hydrogen-bond acceptors (Lipinski definition) is 4. The van der Waals surface area contributed by atoms with E-state index in [1.807, 2.05) is 24.3 Å². The van der Waals surface area contributed by atoms with Crippen LogP contribution in [0, 0.1) is 0 Å². The van der Waals surface area contributed by atoms with Gasteiger partial charge in [-0.1, -0.05) is 57.3 Å². The molecule has 0 saturated carbocycles. The van der Waals surface area contributed by atoms with E-state index in [9.17, 15) is 8.42 Å². The average Bonchev–Trinajstić information content (AvgIpc) is 3.33. The van der Waals surface area contributed by atoms with Gasteiger partial charge in [-0.3, -0.25) is 4.68 Å². The lowest BCUT2D eigenvalue weighted by atomic mass is 10.1. The first-order valence-electron chi connectivity index (χ1n) is 8.73. The maximum Gasteiger partial charge on any atom is 0.201 e. The van der Waals surface area contributed by atoms with Crippen molar-refractivity contribution in [2.75, 3.05) is 6.26 Å². The van der Waals surface area contributed by atoms with E-state index in [1.165, 1.54) is 6.33 Å². The maximum absolute atomic E-state index is 12.6. The summed E-state index contributed by atoms with van der Waals surface area (Å²) in [5.41, 5.74) is 2.65. The monoisotopic (exact) mass is 524 g/mol. The van der Waals surface area contributed by atoms with E-state index in [4.69, 9.17) is 23.2 Å². The molecule has 0 unspecified atom stereocenters. The second-order valence-electron chi connectivity index (χ2n) is 6.66. The van der Waals surface area contributed by atoms with Gasteiger partial charge < -0.3 is 4.57 Å².